The van der Waals surface area contributed by atoms with E-state index in [1.807, 2.05) is 6.92 Å². The minimum absolute atomic E-state index is 0.000446. The minimum Gasteiger partial charge on any atom is -0.465 e. The molecule has 68 heavy (non-hydrogen) atoms. The molecule has 1 aliphatic heterocycles. The lowest BCUT2D eigenvalue weighted by molar-refractivity contribution is -0.168. The van der Waals surface area contributed by atoms with E-state index in [1.165, 1.54) is 231 Å². The monoisotopic (exact) mass is 961 g/mol. The topological polar surface area (TPSA) is 91.4 Å². The van der Waals surface area contributed by atoms with Gasteiger partial charge >= 0.3 is 17.9 Å². The molecule has 1 unspecified atom stereocenters. The summed E-state index contributed by atoms with van der Waals surface area (Å²) in [6.07, 6.45) is 58.6. The van der Waals surface area contributed by atoms with Crippen LogP contribution in [0.5, 0.6) is 0 Å². The van der Waals surface area contributed by atoms with Crippen molar-refractivity contribution in [3.63, 3.8) is 0 Å². The van der Waals surface area contributed by atoms with Gasteiger partial charge in [-0.25, -0.2) is 0 Å². The van der Waals surface area contributed by atoms with Crippen LogP contribution in [0.25, 0.3) is 0 Å². The van der Waals surface area contributed by atoms with Crippen LogP contribution < -0.4 is 0 Å². The van der Waals surface area contributed by atoms with Gasteiger partial charge in [0.15, 0.2) is 0 Å². The van der Waals surface area contributed by atoms with Gasteiger partial charge in [-0.2, -0.15) is 0 Å². The summed E-state index contributed by atoms with van der Waals surface area (Å²) in [7, 11) is 0. The fourth-order valence-electron chi connectivity index (χ4n) is 9.79. The third-order valence-electron chi connectivity index (χ3n) is 15.2. The van der Waals surface area contributed by atoms with Crippen LogP contribution in [0.3, 0.4) is 0 Å². The third kappa shape index (κ3) is 39.0. The molecule has 0 radical (unpaired) electrons. The maximum atomic E-state index is 13.1. The van der Waals surface area contributed by atoms with Gasteiger partial charge in [0.05, 0.1) is 6.61 Å². The third-order valence-corrected chi connectivity index (χ3v) is 15.2. The van der Waals surface area contributed by atoms with Crippen LogP contribution in [0.4, 0.5) is 0 Å². The molecular weight excluding hydrogens is 845 g/mol. The molecule has 0 saturated carbocycles. The summed E-state index contributed by atoms with van der Waals surface area (Å²) in [5, 5.41) is 0. The predicted molar refractivity (Wildman–Crippen MR) is 288 cm³/mol. The van der Waals surface area contributed by atoms with E-state index in [-0.39, 0.29) is 37.7 Å². The Labute approximate surface area is 423 Å². The van der Waals surface area contributed by atoms with E-state index in [9.17, 15) is 14.4 Å². The van der Waals surface area contributed by atoms with Gasteiger partial charge in [-0.15, -0.1) is 0 Å². The maximum Gasteiger partial charge on any atom is 0.305 e. The highest BCUT2D eigenvalue weighted by molar-refractivity contribution is 5.70. The summed E-state index contributed by atoms with van der Waals surface area (Å²) in [6, 6.07) is 0. The van der Waals surface area contributed by atoms with Crippen LogP contribution in [-0.2, 0) is 33.3 Å². The first-order valence-corrected chi connectivity index (χ1v) is 30.4. The second kappa shape index (κ2) is 47.7. The highest BCUT2D eigenvalue weighted by atomic mass is 16.6. The number of carbonyl (C=O) groups excluding carboxylic acids is 3. The Kier molecular flexibility index (Phi) is 45.1. The SMILES string of the molecule is CCCCCCCCCCCCCCCCCC(=O)OCC(COC(=O)CCCCCCCCCCCCCCCCC)(COC(=O)CCCCCCCCCCCCCCCCC)C1(C)CO1. The van der Waals surface area contributed by atoms with Gasteiger partial charge < -0.3 is 18.9 Å². The normalized spacial score (nSPS) is 14.6. The van der Waals surface area contributed by atoms with Gasteiger partial charge in [0, 0.05) is 19.3 Å². The summed E-state index contributed by atoms with van der Waals surface area (Å²) in [5.41, 5.74) is -1.65. The minimum atomic E-state index is -0.951. The molecule has 0 N–H and O–H groups in total. The second-order valence-corrected chi connectivity index (χ2v) is 21.9. The lowest BCUT2D eigenvalue weighted by atomic mass is 9.78. The summed E-state index contributed by atoms with van der Waals surface area (Å²) in [5.74, 6) is -0.746. The molecule has 0 aliphatic carbocycles. The molecule has 1 aliphatic rings. The second-order valence-electron chi connectivity index (χ2n) is 21.9. The molecule has 7 nitrogen and oxygen atoms in total. The smallest absolute Gasteiger partial charge is 0.305 e. The van der Waals surface area contributed by atoms with E-state index >= 15 is 0 Å². The molecule has 1 saturated heterocycles. The largest absolute Gasteiger partial charge is 0.465 e. The number of hydrogen-bond donors (Lipinski definition) is 0. The number of carbonyl (C=O) groups is 3. The molecule has 0 amide bonds. The van der Waals surface area contributed by atoms with E-state index in [0.29, 0.717) is 25.9 Å². The van der Waals surface area contributed by atoms with Crippen molar-refractivity contribution in [1.82, 2.24) is 0 Å². The zero-order chi connectivity index (χ0) is 49.3. The molecule has 1 atom stereocenters. The molecule has 0 aromatic heterocycles. The van der Waals surface area contributed by atoms with Crippen molar-refractivity contribution in [3.8, 4) is 0 Å². The average Bonchev–Trinajstić information content (AvgIpc) is 4.10. The Morgan fingerprint density at radius 2 is 0.485 bits per heavy atom. The Morgan fingerprint density at radius 1 is 0.324 bits per heavy atom. The summed E-state index contributed by atoms with van der Waals surface area (Å²) in [6.45, 7) is 9.23. The number of ether oxygens (including phenoxy) is 4. The fourth-order valence-corrected chi connectivity index (χ4v) is 9.79. The van der Waals surface area contributed by atoms with Crippen LogP contribution in [-0.4, -0.2) is 49.9 Å². The van der Waals surface area contributed by atoms with E-state index < -0.39 is 11.0 Å². The van der Waals surface area contributed by atoms with Crippen LogP contribution in [0.1, 0.15) is 336 Å². The number of epoxide rings is 1. The highest BCUT2D eigenvalue weighted by Crippen LogP contribution is 2.46. The standard InChI is InChI=1S/C61H116O7/c1-5-8-11-14-17-20-23-26-29-32-35-38-41-44-47-50-57(62)65-54-61(60(4)53-68-60,55-66-58(63)51-48-45-42-39-36-33-30-27-24-21-18-15-12-9-6-2)56-67-59(64)52-49-46-43-40-37-34-31-28-25-22-19-16-13-10-7-3/h5-56H2,1-4H3. The first-order valence-electron chi connectivity index (χ1n) is 30.4. The van der Waals surface area contributed by atoms with Crippen LogP contribution in [0, 0.1) is 5.41 Å². The van der Waals surface area contributed by atoms with Crippen molar-refractivity contribution in [1.29, 1.82) is 0 Å². The molecule has 0 aromatic carbocycles. The quantitative estimate of drug-likeness (QED) is 0.0259. The van der Waals surface area contributed by atoms with Crippen molar-refractivity contribution in [3.05, 3.63) is 0 Å². The first-order chi connectivity index (χ1) is 33.3. The number of unbranched alkanes of at least 4 members (excludes halogenated alkanes) is 42. The van der Waals surface area contributed by atoms with Gasteiger partial charge in [-0.3, -0.25) is 14.4 Å². The van der Waals surface area contributed by atoms with Crippen molar-refractivity contribution >= 4 is 17.9 Å². The predicted octanol–water partition coefficient (Wildman–Crippen LogP) is 19.2. The summed E-state index contributed by atoms with van der Waals surface area (Å²) < 4.78 is 23.8. The summed E-state index contributed by atoms with van der Waals surface area (Å²) in [4.78, 5) is 39.3. The Hall–Kier alpha value is -1.63. The van der Waals surface area contributed by atoms with Crippen LogP contribution in [0.2, 0.25) is 0 Å². The van der Waals surface area contributed by atoms with Crippen molar-refractivity contribution in [2.24, 2.45) is 5.41 Å². The maximum absolute atomic E-state index is 13.1. The van der Waals surface area contributed by atoms with E-state index in [0.717, 1.165) is 57.8 Å². The molecule has 0 spiro atoms. The average molecular weight is 962 g/mol. The number of esters is 3. The molecule has 1 fully saturated rings. The van der Waals surface area contributed by atoms with E-state index in [2.05, 4.69) is 20.8 Å². The van der Waals surface area contributed by atoms with Crippen molar-refractivity contribution < 1.29 is 33.3 Å². The molecule has 7 heteroatoms. The first kappa shape index (κ1) is 64.4. The highest BCUT2D eigenvalue weighted by Gasteiger charge is 2.60. The number of rotatable bonds is 55. The fraction of sp³-hybridized carbons (Fsp3) is 0.951. The lowest BCUT2D eigenvalue weighted by Gasteiger charge is -2.35. The zero-order valence-electron chi connectivity index (χ0n) is 46.1. The Balaban J connectivity index is 2.46. The Morgan fingerprint density at radius 3 is 0.647 bits per heavy atom. The van der Waals surface area contributed by atoms with Gasteiger partial charge in [-0.1, -0.05) is 290 Å². The van der Waals surface area contributed by atoms with Gasteiger partial charge in [0.2, 0.25) is 0 Å². The van der Waals surface area contributed by atoms with E-state index in [1.54, 1.807) is 0 Å². The van der Waals surface area contributed by atoms with Gasteiger partial charge in [0.1, 0.15) is 30.8 Å². The summed E-state index contributed by atoms with van der Waals surface area (Å²) >= 11 is 0. The van der Waals surface area contributed by atoms with Gasteiger partial charge in [0.25, 0.3) is 0 Å². The lowest BCUT2D eigenvalue weighted by Crippen LogP contribution is -2.49. The molecule has 1 rings (SSSR count). The molecular formula is C61H116O7. The zero-order valence-corrected chi connectivity index (χ0v) is 46.1. The van der Waals surface area contributed by atoms with Gasteiger partial charge in [-0.05, 0) is 26.2 Å². The molecule has 1 heterocycles. The van der Waals surface area contributed by atoms with Crippen LogP contribution in [0.15, 0.2) is 0 Å². The van der Waals surface area contributed by atoms with E-state index in [4.69, 9.17) is 18.9 Å². The Bertz CT molecular complexity index is 996. The molecule has 0 aromatic rings. The number of hydrogen-bond acceptors (Lipinski definition) is 7. The van der Waals surface area contributed by atoms with Crippen LogP contribution >= 0.6 is 0 Å². The van der Waals surface area contributed by atoms with Crippen molar-refractivity contribution in [2.75, 3.05) is 26.4 Å². The van der Waals surface area contributed by atoms with Crippen molar-refractivity contribution in [2.45, 2.75) is 341 Å². The molecule has 0 bridgehead atoms. The molecule has 402 valence electrons.